The number of alkyl halides is 1. The summed E-state index contributed by atoms with van der Waals surface area (Å²) in [5.74, 6) is -0.0417. The average Bonchev–Trinajstić information content (AvgIpc) is 2.84. The van der Waals surface area contributed by atoms with Gasteiger partial charge < -0.3 is 5.32 Å². The lowest BCUT2D eigenvalue weighted by molar-refractivity contribution is -0.122. The first-order valence-electron chi connectivity index (χ1n) is 6.03. The molecule has 0 fully saturated rings. The lowest BCUT2D eigenvalue weighted by Gasteiger charge is -2.15. The van der Waals surface area contributed by atoms with Crippen LogP contribution in [0.2, 0.25) is 0 Å². The predicted molar refractivity (Wildman–Crippen MR) is 78.4 cm³/mol. The summed E-state index contributed by atoms with van der Waals surface area (Å²) in [7, 11) is 0. The standard InChI is InChI=1S/C14H16BrN3O/c1-14(2,15)13(19)16-8-11-9-17-18(10-11)12-6-4-3-5-7-12/h3-7,9-10H,8H2,1-2H3,(H,16,19). The molecule has 19 heavy (non-hydrogen) atoms. The highest BCUT2D eigenvalue weighted by Crippen LogP contribution is 2.15. The van der Waals surface area contributed by atoms with Crippen LogP contribution in [-0.2, 0) is 11.3 Å². The van der Waals surface area contributed by atoms with E-state index in [2.05, 4.69) is 26.3 Å². The predicted octanol–water partition coefficient (Wildman–Crippen LogP) is 2.66. The summed E-state index contributed by atoms with van der Waals surface area (Å²) in [5, 5.41) is 7.14. The van der Waals surface area contributed by atoms with Gasteiger partial charge in [0.15, 0.2) is 0 Å². The number of hydrogen-bond donors (Lipinski definition) is 1. The van der Waals surface area contributed by atoms with Gasteiger partial charge in [0, 0.05) is 18.3 Å². The number of aromatic nitrogens is 2. The van der Waals surface area contributed by atoms with E-state index in [4.69, 9.17) is 0 Å². The number of nitrogens with one attached hydrogen (secondary N) is 1. The van der Waals surface area contributed by atoms with Crippen molar-refractivity contribution in [3.8, 4) is 5.69 Å². The molecule has 0 atom stereocenters. The van der Waals surface area contributed by atoms with Gasteiger partial charge in [-0.05, 0) is 26.0 Å². The summed E-state index contributed by atoms with van der Waals surface area (Å²) < 4.78 is 1.24. The van der Waals surface area contributed by atoms with Crippen LogP contribution in [0, 0.1) is 0 Å². The molecule has 1 N–H and O–H groups in total. The quantitative estimate of drug-likeness (QED) is 0.880. The highest BCUT2D eigenvalue weighted by atomic mass is 79.9. The van der Waals surface area contributed by atoms with Gasteiger partial charge in [-0.25, -0.2) is 4.68 Å². The van der Waals surface area contributed by atoms with Crippen LogP contribution in [0.1, 0.15) is 19.4 Å². The van der Waals surface area contributed by atoms with Gasteiger partial charge in [-0.1, -0.05) is 34.1 Å². The number of rotatable bonds is 4. The fourth-order valence-corrected chi connectivity index (χ4v) is 1.71. The number of nitrogens with zero attached hydrogens (tertiary/aromatic N) is 2. The second-order valence-electron chi connectivity index (χ2n) is 4.78. The third-order valence-corrected chi connectivity index (χ3v) is 3.01. The first kappa shape index (κ1) is 13.8. The smallest absolute Gasteiger partial charge is 0.236 e. The maximum atomic E-state index is 11.7. The summed E-state index contributed by atoms with van der Waals surface area (Å²) in [4.78, 5) is 11.7. The van der Waals surface area contributed by atoms with E-state index in [1.165, 1.54) is 0 Å². The van der Waals surface area contributed by atoms with E-state index >= 15 is 0 Å². The van der Waals surface area contributed by atoms with Crippen molar-refractivity contribution < 1.29 is 4.79 Å². The normalized spacial score (nSPS) is 11.3. The molecule has 100 valence electrons. The molecule has 0 aliphatic heterocycles. The van der Waals surface area contributed by atoms with E-state index in [1.54, 1.807) is 10.9 Å². The lowest BCUT2D eigenvalue weighted by atomic mass is 10.2. The van der Waals surface area contributed by atoms with Gasteiger partial charge in [-0.2, -0.15) is 5.10 Å². The van der Waals surface area contributed by atoms with Gasteiger partial charge in [0.1, 0.15) is 0 Å². The van der Waals surface area contributed by atoms with Gasteiger partial charge in [0.05, 0.1) is 16.2 Å². The third kappa shape index (κ3) is 3.67. The van der Waals surface area contributed by atoms with E-state index < -0.39 is 4.32 Å². The Morgan fingerprint density at radius 3 is 2.68 bits per heavy atom. The monoisotopic (exact) mass is 321 g/mol. The molecule has 0 unspecified atom stereocenters. The van der Waals surface area contributed by atoms with Crippen LogP contribution in [0.5, 0.6) is 0 Å². The van der Waals surface area contributed by atoms with E-state index in [-0.39, 0.29) is 5.91 Å². The van der Waals surface area contributed by atoms with Crippen LogP contribution < -0.4 is 5.32 Å². The highest BCUT2D eigenvalue weighted by molar-refractivity contribution is 9.10. The second-order valence-corrected chi connectivity index (χ2v) is 6.77. The first-order valence-corrected chi connectivity index (χ1v) is 6.82. The van der Waals surface area contributed by atoms with Crippen molar-refractivity contribution in [3.05, 3.63) is 48.3 Å². The minimum absolute atomic E-state index is 0.0417. The van der Waals surface area contributed by atoms with Crippen LogP contribution >= 0.6 is 15.9 Å². The summed E-state index contributed by atoms with van der Waals surface area (Å²) in [6.07, 6.45) is 3.67. The number of carbonyl (C=O) groups excluding carboxylic acids is 1. The molecular weight excluding hydrogens is 306 g/mol. The van der Waals surface area contributed by atoms with Crippen LogP contribution in [-0.4, -0.2) is 20.0 Å². The zero-order valence-corrected chi connectivity index (χ0v) is 12.5. The molecule has 2 rings (SSSR count). The summed E-state index contributed by atoms with van der Waals surface area (Å²) >= 11 is 3.33. The summed E-state index contributed by atoms with van der Waals surface area (Å²) in [5.41, 5.74) is 1.97. The van der Waals surface area contributed by atoms with Gasteiger partial charge >= 0.3 is 0 Å². The van der Waals surface area contributed by atoms with E-state index in [1.807, 2.05) is 50.4 Å². The average molecular weight is 322 g/mol. The fourth-order valence-electron chi connectivity index (χ4n) is 1.57. The Kier molecular flexibility index (Phi) is 4.04. The van der Waals surface area contributed by atoms with Crippen molar-refractivity contribution in [2.24, 2.45) is 0 Å². The molecule has 1 aromatic carbocycles. The largest absolute Gasteiger partial charge is 0.351 e. The van der Waals surface area contributed by atoms with E-state index in [0.29, 0.717) is 6.54 Å². The van der Waals surface area contributed by atoms with E-state index in [9.17, 15) is 4.79 Å². The zero-order chi connectivity index (χ0) is 13.9. The Balaban J connectivity index is 2.01. The number of halogens is 1. The van der Waals surface area contributed by atoms with Crippen molar-refractivity contribution in [2.45, 2.75) is 24.7 Å². The van der Waals surface area contributed by atoms with Crippen molar-refractivity contribution in [1.82, 2.24) is 15.1 Å². The number of amides is 1. The van der Waals surface area contributed by atoms with Crippen molar-refractivity contribution >= 4 is 21.8 Å². The molecule has 1 amide bonds. The van der Waals surface area contributed by atoms with Gasteiger partial charge in [0.2, 0.25) is 5.91 Å². The Morgan fingerprint density at radius 1 is 1.37 bits per heavy atom. The molecule has 1 aromatic heterocycles. The Bertz CT molecular complexity index is 558. The molecule has 4 nitrogen and oxygen atoms in total. The van der Waals surface area contributed by atoms with Gasteiger partial charge in [-0.15, -0.1) is 0 Å². The lowest BCUT2D eigenvalue weighted by Crippen LogP contribution is -2.36. The molecule has 0 saturated carbocycles. The topological polar surface area (TPSA) is 46.9 Å². The molecular formula is C14H16BrN3O. The molecule has 2 aromatic rings. The minimum Gasteiger partial charge on any atom is -0.351 e. The molecule has 5 heteroatoms. The fraction of sp³-hybridized carbons (Fsp3) is 0.286. The zero-order valence-electron chi connectivity index (χ0n) is 10.9. The molecule has 0 saturated heterocycles. The molecule has 0 aliphatic rings. The summed E-state index contributed by atoms with van der Waals surface area (Å²) in [6, 6.07) is 9.86. The second kappa shape index (κ2) is 5.57. The molecule has 0 spiro atoms. The Labute approximate surface area is 120 Å². The highest BCUT2D eigenvalue weighted by Gasteiger charge is 2.22. The maximum absolute atomic E-state index is 11.7. The van der Waals surface area contributed by atoms with Crippen LogP contribution in [0.3, 0.4) is 0 Å². The molecule has 0 radical (unpaired) electrons. The van der Waals surface area contributed by atoms with Crippen molar-refractivity contribution in [1.29, 1.82) is 0 Å². The number of hydrogen-bond acceptors (Lipinski definition) is 2. The van der Waals surface area contributed by atoms with Gasteiger partial charge in [-0.3, -0.25) is 4.79 Å². The summed E-state index contributed by atoms with van der Waals surface area (Å²) in [6.45, 7) is 4.10. The number of benzene rings is 1. The van der Waals surface area contributed by atoms with Crippen molar-refractivity contribution in [2.75, 3.05) is 0 Å². The van der Waals surface area contributed by atoms with Crippen molar-refractivity contribution in [3.63, 3.8) is 0 Å². The van der Waals surface area contributed by atoms with Crippen LogP contribution in [0.25, 0.3) is 5.69 Å². The Hall–Kier alpha value is -1.62. The first-order chi connectivity index (χ1) is 8.97. The minimum atomic E-state index is -0.553. The maximum Gasteiger partial charge on any atom is 0.236 e. The molecule has 0 aliphatic carbocycles. The van der Waals surface area contributed by atoms with Gasteiger partial charge in [0.25, 0.3) is 0 Å². The number of carbonyl (C=O) groups is 1. The molecule has 0 bridgehead atoms. The molecule has 1 heterocycles. The van der Waals surface area contributed by atoms with Crippen LogP contribution in [0.15, 0.2) is 42.7 Å². The van der Waals surface area contributed by atoms with E-state index in [0.717, 1.165) is 11.3 Å². The van der Waals surface area contributed by atoms with Crippen LogP contribution in [0.4, 0.5) is 0 Å². The third-order valence-electron chi connectivity index (χ3n) is 2.65. The number of para-hydroxylation sites is 1. The SMILES string of the molecule is CC(C)(Br)C(=O)NCc1cnn(-c2ccccc2)c1. The Morgan fingerprint density at radius 2 is 2.05 bits per heavy atom.